The molecular formula is C56H34FNO. The molecule has 2 aliphatic heterocycles. The van der Waals surface area contributed by atoms with Gasteiger partial charge in [-0.3, -0.25) is 0 Å². The maximum atomic E-state index is 15.8. The van der Waals surface area contributed by atoms with E-state index in [4.69, 9.17) is 4.74 Å². The number of ether oxygens (including phenoxy) is 1. The van der Waals surface area contributed by atoms with E-state index in [1.807, 2.05) is 6.07 Å². The highest BCUT2D eigenvalue weighted by Gasteiger charge is 2.54. The van der Waals surface area contributed by atoms with Gasteiger partial charge in [-0.2, -0.15) is 0 Å². The van der Waals surface area contributed by atoms with E-state index in [-0.39, 0.29) is 5.82 Å². The molecule has 8 aromatic rings. The molecule has 6 bridgehead atoms. The molecule has 2 spiro atoms. The van der Waals surface area contributed by atoms with Crippen LogP contribution >= 0.6 is 0 Å². The predicted molar refractivity (Wildman–Crippen MR) is 234 cm³/mol. The lowest BCUT2D eigenvalue weighted by molar-refractivity contribution is 0.436. The lowest BCUT2D eigenvalue weighted by atomic mass is 9.66. The number of para-hydroxylation sites is 2. The molecule has 0 N–H and O–H groups in total. The second-order valence-electron chi connectivity index (χ2n) is 16.7. The van der Waals surface area contributed by atoms with Crippen LogP contribution in [0.4, 0.5) is 15.8 Å². The van der Waals surface area contributed by atoms with Crippen molar-refractivity contribution in [3.63, 3.8) is 0 Å². The third kappa shape index (κ3) is 3.74. The molecule has 1 unspecified atom stereocenters. The minimum absolute atomic E-state index is 0.216. The first-order valence-electron chi connectivity index (χ1n) is 20.7. The van der Waals surface area contributed by atoms with Crippen molar-refractivity contribution in [2.24, 2.45) is 0 Å². The SMILES string of the molecule is Fc1ccc2c(c1)C13c4ccccc4-c4ccc(cc41)N(C1=CC=CCC1)c1cc(c4c(c1)C1(c5ccccc5Oc5ccccc51)c1ccccc1-4)-c1ccc-2c3c1. The maximum Gasteiger partial charge on any atom is 0.132 e. The topological polar surface area (TPSA) is 12.5 Å². The second kappa shape index (κ2) is 11.0. The third-order valence-corrected chi connectivity index (χ3v) is 14.2. The number of hydrogen-bond donors (Lipinski definition) is 0. The van der Waals surface area contributed by atoms with Crippen LogP contribution in [0.15, 0.2) is 188 Å². The number of hydrogen-bond acceptors (Lipinski definition) is 2. The number of anilines is 2. The standard InChI is InChI=1S/C56H34FNO/c57-34-23-26-40-39-25-22-33-28-48(39)56(49(40)29-34)44-16-6-4-14-38(44)41-27-24-36(31-50(41)56)58(35-12-2-1-3-13-35)37-30-43(33)54-42-15-5-7-17-45(42)55(51(54)32-37)46-18-8-10-20-52(46)59-53-21-11-9-19-47(53)55/h1-2,4-12,14-32H,3,13H2. The first kappa shape index (κ1) is 31.8. The number of fused-ring (bicyclic) bond motifs is 19. The fourth-order valence-corrected chi connectivity index (χ4v) is 12.0. The normalized spacial score (nSPS) is 18.1. The van der Waals surface area contributed by atoms with E-state index < -0.39 is 10.8 Å². The van der Waals surface area contributed by atoms with E-state index in [0.717, 1.165) is 69.1 Å². The first-order chi connectivity index (χ1) is 29.2. The Balaban J connectivity index is 1.19. The molecule has 3 heteroatoms. The zero-order valence-electron chi connectivity index (χ0n) is 32.0. The van der Waals surface area contributed by atoms with Gasteiger partial charge in [0.15, 0.2) is 0 Å². The van der Waals surface area contributed by atoms with Gasteiger partial charge in [-0.05, 0) is 151 Å². The summed E-state index contributed by atoms with van der Waals surface area (Å²) in [6.45, 7) is 0. The summed E-state index contributed by atoms with van der Waals surface area (Å²) >= 11 is 0. The van der Waals surface area contributed by atoms with Crippen LogP contribution in [0.3, 0.4) is 0 Å². The van der Waals surface area contributed by atoms with Crippen molar-refractivity contribution in [3.8, 4) is 56.0 Å². The molecule has 0 saturated heterocycles. The Morgan fingerprint density at radius 2 is 1.03 bits per heavy atom. The van der Waals surface area contributed by atoms with E-state index in [0.29, 0.717) is 0 Å². The molecule has 0 aromatic heterocycles. The summed E-state index contributed by atoms with van der Waals surface area (Å²) in [5, 5.41) is 0. The Bertz CT molecular complexity index is 3250. The summed E-state index contributed by atoms with van der Waals surface area (Å²) in [6.07, 6.45) is 8.62. The first-order valence-corrected chi connectivity index (χ1v) is 20.7. The Kier molecular flexibility index (Phi) is 5.95. The molecule has 0 saturated carbocycles. The summed E-state index contributed by atoms with van der Waals surface area (Å²) in [5.41, 5.74) is 21.0. The van der Waals surface area contributed by atoms with E-state index in [9.17, 15) is 0 Å². The van der Waals surface area contributed by atoms with Crippen molar-refractivity contribution < 1.29 is 9.13 Å². The van der Waals surface area contributed by atoms with Gasteiger partial charge < -0.3 is 9.64 Å². The zero-order chi connectivity index (χ0) is 38.6. The summed E-state index contributed by atoms with van der Waals surface area (Å²) in [6, 6.07) is 59.5. The molecule has 4 aliphatic carbocycles. The summed E-state index contributed by atoms with van der Waals surface area (Å²) < 4.78 is 22.5. The molecule has 0 amide bonds. The van der Waals surface area contributed by atoms with E-state index in [1.165, 1.54) is 61.3 Å². The average Bonchev–Trinajstić information content (AvgIpc) is 3.86. The van der Waals surface area contributed by atoms with Gasteiger partial charge in [0.25, 0.3) is 0 Å². The third-order valence-electron chi connectivity index (χ3n) is 14.2. The highest BCUT2D eigenvalue weighted by molar-refractivity contribution is 6.02. The van der Waals surface area contributed by atoms with Gasteiger partial charge in [0.05, 0.1) is 10.8 Å². The number of allylic oxidation sites excluding steroid dienone is 4. The number of nitrogens with zero attached hydrogens (tertiary/aromatic N) is 1. The van der Waals surface area contributed by atoms with Crippen molar-refractivity contribution in [3.05, 3.63) is 238 Å². The van der Waals surface area contributed by atoms with Crippen molar-refractivity contribution in [1.82, 2.24) is 0 Å². The van der Waals surface area contributed by atoms with E-state index >= 15 is 4.39 Å². The quantitative estimate of drug-likeness (QED) is 0.165. The predicted octanol–water partition coefficient (Wildman–Crippen LogP) is 14.0. The molecule has 0 radical (unpaired) electrons. The van der Waals surface area contributed by atoms with Crippen molar-refractivity contribution >= 4 is 11.4 Å². The van der Waals surface area contributed by atoms with Gasteiger partial charge in [0.2, 0.25) is 0 Å². The molecule has 0 fully saturated rings. The molecular weight excluding hydrogens is 722 g/mol. The number of halogens is 1. The minimum atomic E-state index is -0.699. The fourth-order valence-electron chi connectivity index (χ4n) is 12.0. The van der Waals surface area contributed by atoms with Gasteiger partial charge >= 0.3 is 0 Å². The van der Waals surface area contributed by atoms with Crippen molar-refractivity contribution in [2.45, 2.75) is 23.7 Å². The maximum absolute atomic E-state index is 15.8. The minimum Gasteiger partial charge on any atom is -0.457 e. The van der Waals surface area contributed by atoms with Crippen LogP contribution in [0.2, 0.25) is 0 Å². The smallest absolute Gasteiger partial charge is 0.132 e. The summed E-state index contributed by atoms with van der Waals surface area (Å²) in [5.74, 6) is 1.54. The zero-order valence-corrected chi connectivity index (χ0v) is 32.0. The van der Waals surface area contributed by atoms with Crippen LogP contribution in [-0.2, 0) is 10.8 Å². The van der Waals surface area contributed by atoms with Crippen LogP contribution in [-0.4, -0.2) is 0 Å². The van der Waals surface area contributed by atoms with Crippen LogP contribution in [0.5, 0.6) is 11.5 Å². The Labute approximate surface area is 341 Å². The highest BCUT2D eigenvalue weighted by Crippen LogP contribution is 2.67. The van der Waals surface area contributed by atoms with Crippen molar-refractivity contribution in [2.75, 3.05) is 4.90 Å². The Hall–Kier alpha value is -7.23. The van der Waals surface area contributed by atoms with Gasteiger partial charge in [-0.15, -0.1) is 0 Å². The molecule has 14 rings (SSSR count). The van der Waals surface area contributed by atoms with Crippen molar-refractivity contribution in [1.29, 1.82) is 0 Å². The van der Waals surface area contributed by atoms with Gasteiger partial charge in [-0.1, -0.05) is 121 Å². The second-order valence-corrected chi connectivity index (χ2v) is 16.7. The average molecular weight is 756 g/mol. The largest absolute Gasteiger partial charge is 0.457 e. The summed E-state index contributed by atoms with van der Waals surface area (Å²) in [4.78, 5) is 2.51. The Morgan fingerprint density at radius 3 is 1.78 bits per heavy atom. The molecule has 1 atom stereocenters. The molecule has 2 nitrogen and oxygen atoms in total. The lowest BCUT2D eigenvalue weighted by Crippen LogP contribution is -2.32. The molecule has 8 aromatic carbocycles. The molecule has 6 aliphatic rings. The number of rotatable bonds is 1. The van der Waals surface area contributed by atoms with Gasteiger partial charge in [-0.25, -0.2) is 4.39 Å². The van der Waals surface area contributed by atoms with Gasteiger partial charge in [0, 0.05) is 28.2 Å². The lowest BCUT2D eigenvalue weighted by Gasteiger charge is -2.40. The summed E-state index contributed by atoms with van der Waals surface area (Å²) in [7, 11) is 0. The molecule has 2 heterocycles. The van der Waals surface area contributed by atoms with Gasteiger partial charge in [0.1, 0.15) is 17.3 Å². The number of benzene rings is 8. The van der Waals surface area contributed by atoms with Crippen LogP contribution in [0.1, 0.15) is 57.3 Å². The van der Waals surface area contributed by atoms with E-state index in [2.05, 4.69) is 169 Å². The van der Waals surface area contributed by atoms with E-state index in [1.54, 1.807) is 12.1 Å². The Morgan fingerprint density at radius 1 is 0.458 bits per heavy atom. The fraction of sp³-hybridized carbons (Fsp3) is 0.0714. The van der Waals surface area contributed by atoms with Crippen LogP contribution < -0.4 is 9.64 Å². The van der Waals surface area contributed by atoms with Crippen LogP contribution in [0, 0.1) is 5.82 Å². The molecule has 59 heavy (non-hydrogen) atoms. The molecule has 276 valence electrons. The van der Waals surface area contributed by atoms with Crippen LogP contribution in [0.25, 0.3) is 44.5 Å². The monoisotopic (exact) mass is 755 g/mol. The highest BCUT2D eigenvalue weighted by atomic mass is 19.1.